The van der Waals surface area contributed by atoms with E-state index in [-0.39, 0.29) is 18.2 Å². The summed E-state index contributed by atoms with van der Waals surface area (Å²) < 4.78 is 5.25. The van der Waals surface area contributed by atoms with Gasteiger partial charge in [0.1, 0.15) is 0 Å². The normalized spacial score (nSPS) is 10.8. The predicted molar refractivity (Wildman–Crippen MR) is 80.5 cm³/mol. The van der Waals surface area contributed by atoms with Crippen LogP contribution in [0.1, 0.15) is 74.4 Å². The number of aliphatic carboxylic acids is 1. The molecule has 0 radical (unpaired) electrons. The second kappa shape index (κ2) is 9.21. The number of hydrogen-bond donors (Lipinski definition) is 2. The molecule has 0 aliphatic rings. The topological polar surface area (TPSA) is 79.5 Å². The summed E-state index contributed by atoms with van der Waals surface area (Å²) in [4.78, 5) is 22.3. The van der Waals surface area contributed by atoms with Crippen LogP contribution in [0.25, 0.3) is 0 Å². The van der Waals surface area contributed by atoms with Crippen LogP contribution in [0.4, 0.5) is 0 Å². The van der Waals surface area contributed by atoms with Crippen LogP contribution in [0, 0.1) is 0 Å². The third kappa shape index (κ3) is 6.47. The van der Waals surface area contributed by atoms with Crippen molar-refractivity contribution in [2.45, 2.75) is 58.3 Å². The van der Waals surface area contributed by atoms with Gasteiger partial charge in [0, 0.05) is 18.5 Å². The molecule has 118 valence electrons. The number of amides is 1. The highest BCUT2D eigenvalue weighted by atomic mass is 16.4. The van der Waals surface area contributed by atoms with E-state index in [1.165, 1.54) is 0 Å². The Balaban J connectivity index is 2.14. The highest BCUT2D eigenvalue weighted by molar-refractivity contribution is 5.93. The molecule has 0 fully saturated rings. The molecule has 5 heteroatoms. The van der Waals surface area contributed by atoms with Gasteiger partial charge in [-0.25, -0.2) is 0 Å². The molecule has 5 nitrogen and oxygen atoms in total. The number of carbonyl (C=O) groups excluding carboxylic acids is 1. The maximum Gasteiger partial charge on any atom is 0.303 e. The van der Waals surface area contributed by atoms with Gasteiger partial charge in [0.25, 0.3) is 5.91 Å². The number of rotatable bonds is 10. The van der Waals surface area contributed by atoms with Crippen molar-refractivity contribution >= 4 is 11.9 Å². The van der Waals surface area contributed by atoms with E-state index in [9.17, 15) is 9.59 Å². The minimum atomic E-state index is -0.735. The lowest BCUT2D eigenvalue weighted by Gasteiger charge is -2.07. The fourth-order valence-electron chi connectivity index (χ4n) is 2.17. The van der Waals surface area contributed by atoms with Gasteiger partial charge < -0.3 is 14.8 Å². The van der Waals surface area contributed by atoms with Crippen molar-refractivity contribution in [3.05, 3.63) is 23.7 Å². The molecular formula is C16H25NO4. The van der Waals surface area contributed by atoms with Crippen molar-refractivity contribution in [2.75, 3.05) is 6.54 Å². The molecule has 2 N–H and O–H groups in total. The van der Waals surface area contributed by atoms with Gasteiger partial charge in [-0.05, 0) is 24.8 Å². The number of carboxylic acids is 1. The number of nitrogens with one attached hydrogen (secondary N) is 1. The minimum Gasteiger partial charge on any atom is -0.481 e. The van der Waals surface area contributed by atoms with Gasteiger partial charge in [-0.3, -0.25) is 9.59 Å². The minimum absolute atomic E-state index is 0.158. The lowest BCUT2D eigenvalue weighted by Crippen LogP contribution is -2.25. The Bertz CT molecular complexity index is 451. The van der Waals surface area contributed by atoms with Crippen LogP contribution in [0.2, 0.25) is 0 Å². The molecule has 1 aromatic heterocycles. The molecule has 0 bridgehead atoms. The molecule has 0 unspecified atom stereocenters. The molecule has 21 heavy (non-hydrogen) atoms. The monoisotopic (exact) mass is 295 g/mol. The Kier molecular flexibility index (Phi) is 7.58. The highest BCUT2D eigenvalue weighted by Gasteiger charge is 2.16. The summed E-state index contributed by atoms with van der Waals surface area (Å²) in [5.74, 6) is -0.221. The zero-order valence-corrected chi connectivity index (χ0v) is 12.9. The van der Waals surface area contributed by atoms with Crippen molar-refractivity contribution in [1.29, 1.82) is 0 Å². The molecule has 1 amide bonds. The zero-order chi connectivity index (χ0) is 15.7. The first kappa shape index (κ1) is 17.3. The van der Waals surface area contributed by atoms with Crippen LogP contribution >= 0.6 is 0 Å². The summed E-state index contributed by atoms with van der Waals surface area (Å²) in [6.45, 7) is 4.67. The largest absolute Gasteiger partial charge is 0.481 e. The van der Waals surface area contributed by atoms with Crippen LogP contribution in [0.15, 0.2) is 16.7 Å². The number of carbonyl (C=O) groups is 2. The van der Waals surface area contributed by atoms with E-state index in [0.29, 0.717) is 12.3 Å². The third-order valence-electron chi connectivity index (χ3n) is 3.38. The van der Waals surface area contributed by atoms with Crippen molar-refractivity contribution in [1.82, 2.24) is 5.32 Å². The lowest BCUT2D eigenvalue weighted by atomic mass is 10.0. The summed E-state index contributed by atoms with van der Waals surface area (Å²) >= 11 is 0. The van der Waals surface area contributed by atoms with Gasteiger partial charge in [0.15, 0.2) is 5.76 Å². The van der Waals surface area contributed by atoms with Crippen molar-refractivity contribution in [3.63, 3.8) is 0 Å². The fraction of sp³-hybridized carbons (Fsp3) is 0.625. The first-order valence-electron chi connectivity index (χ1n) is 7.59. The van der Waals surface area contributed by atoms with Crippen LogP contribution < -0.4 is 5.32 Å². The summed E-state index contributed by atoms with van der Waals surface area (Å²) in [6.07, 6.45) is 6.34. The van der Waals surface area contributed by atoms with Crippen molar-refractivity contribution in [3.8, 4) is 0 Å². The molecule has 0 saturated heterocycles. The Morgan fingerprint density at radius 2 is 1.86 bits per heavy atom. The smallest absolute Gasteiger partial charge is 0.303 e. The third-order valence-corrected chi connectivity index (χ3v) is 3.38. The first-order valence-corrected chi connectivity index (χ1v) is 7.59. The second-order valence-electron chi connectivity index (χ2n) is 5.53. The van der Waals surface area contributed by atoms with Gasteiger partial charge in [-0.1, -0.05) is 33.1 Å². The molecule has 0 aromatic carbocycles. The van der Waals surface area contributed by atoms with Crippen LogP contribution in [-0.2, 0) is 4.79 Å². The van der Waals surface area contributed by atoms with E-state index in [4.69, 9.17) is 9.52 Å². The maximum atomic E-state index is 12.0. The van der Waals surface area contributed by atoms with Crippen LogP contribution in [0.5, 0.6) is 0 Å². The first-order chi connectivity index (χ1) is 10.0. The summed E-state index contributed by atoms with van der Waals surface area (Å²) in [5, 5.41) is 11.4. The lowest BCUT2D eigenvalue weighted by molar-refractivity contribution is -0.137. The quantitative estimate of drug-likeness (QED) is 0.647. The van der Waals surface area contributed by atoms with Crippen molar-refractivity contribution in [2.24, 2.45) is 0 Å². The molecular weight excluding hydrogens is 270 g/mol. The van der Waals surface area contributed by atoms with Gasteiger partial charge in [-0.15, -0.1) is 0 Å². The summed E-state index contributed by atoms with van der Waals surface area (Å²) in [5.41, 5.74) is 0.932. The van der Waals surface area contributed by atoms with Gasteiger partial charge in [0.2, 0.25) is 0 Å². The number of furan rings is 1. The van der Waals surface area contributed by atoms with E-state index in [2.05, 4.69) is 5.32 Å². The van der Waals surface area contributed by atoms with Crippen LogP contribution in [0.3, 0.4) is 0 Å². The van der Waals surface area contributed by atoms with E-state index >= 15 is 0 Å². The Labute approximate surface area is 125 Å². The molecule has 1 aromatic rings. The van der Waals surface area contributed by atoms with E-state index < -0.39 is 5.97 Å². The summed E-state index contributed by atoms with van der Waals surface area (Å²) in [6, 6.07) is 1.84. The van der Waals surface area contributed by atoms with Gasteiger partial charge >= 0.3 is 5.97 Å². The van der Waals surface area contributed by atoms with Gasteiger partial charge in [-0.2, -0.15) is 0 Å². The predicted octanol–water partition coefficient (Wildman–Crippen LogP) is 3.56. The standard InChI is InChI=1S/C16H25NO4/c1-12(2)13-9-11-21-15(13)16(20)17-10-7-5-3-4-6-8-14(18)19/h9,11-12H,3-8,10H2,1-2H3,(H,17,20)(H,18,19). The molecule has 0 spiro atoms. The number of hydrogen-bond acceptors (Lipinski definition) is 3. The van der Waals surface area contributed by atoms with Gasteiger partial charge in [0.05, 0.1) is 6.26 Å². The molecule has 0 aliphatic heterocycles. The molecule has 0 atom stereocenters. The van der Waals surface area contributed by atoms with Crippen LogP contribution in [-0.4, -0.2) is 23.5 Å². The summed E-state index contributed by atoms with van der Waals surface area (Å²) in [7, 11) is 0. The Morgan fingerprint density at radius 1 is 1.19 bits per heavy atom. The zero-order valence-electron chi connectivity index (χ0n) is 12.9. The van der Waals surface area contributed by atoms with E-state index in [1.807, 2.05) is 19.9 Å². The van der Waals surface area contributed by atoms with E-state index in [1.54, 1.807) is 6.26 Å². The Hall–Kier alpha value is -1.78. The molecule has 1 rings (SSSR count). The maximum absolute atomic E-state index is 12.0. The van der Waals surface area contributed by atoms with E-state index in [0.717, 1.165) is 37.7 Å². The average molecular weight is 295 g/mol. The second-order valence-corrected chi connectivity index (χ2v) is 5.53. The SMILES string of the molecule is CC(C)c1ccoc1C(=O)NCCCCCCCC(=O)O. The molecule has 0 saturated carbocycles. The highest BCUT2D eigenvalue weighted by Crippen LogP contribution is 2.20. The molecule has 0 aliphatic carbocycles. The van der Waals surface area contributed by atoms with Crippen molar-refractivity contribution < 1.29 is 19.1 Å². The molecule has 1 heterocycles. The fourth-order valence-corrected chi connectivity index (χ4v) is 2.17. The number of carboxylic acid groups (broad SMARTS) is 1. The average Bonchev–Trinajstić information content (AvgIpc) is 2.90. The Morgan fingerprint density at radius 3 is 2.52 bits per heavy atom. The number of unbranched alkanes of at least 4 members (excludes halogenated alkanes) is 4.